The minimum Gasteiger partial charge on any atom is -0.382 e. The molecule has 1 aromatic rings. The third-order valence-electron chi connectivity index (χ3n) is 1.38. The Balaban J connectivity index is 2.86. The third kappa shape index (κ3) is 2.83. The first-order valence-corrected chi connectivity index (χ1v) is 5.27. The van der Waals surface area contributed by atoms with Gasteiger partial charge in [-0.1, -0.05) is 11.6 Å². The molecule has 1 nitrogen and oxygen atoms in total. The zero-order chi connectivity index (χ0) is 9.14. The second-order valence-corrected chi connectivity index (χ2v) is 4.58. The number of hydrogen-bond acceptors (Lipinski definition) is 1. The first-order valence-electron chi connectivity index (χ1n) is 3.81. The van der Waals surface area contributed by atoms with Gasteiger partial charge in [0.1, 0.15) is 0 Å². The lowest BCUT2D eigenvalue weighted by Crippen LogP contribution is -2.09. The molecular weight excluding hydrogens is 284 g/mol. The summed E-state index contributed by atoms with van der Waals surface area (Å²) in [6.45, 7) is 4.18. The van der Waals surface area contributed by atoms with Crippen molar-refractivity contribution >= 4 is 39.9 Å². The summed E-state index contributed by atoms with van der Waals surface area (Å²) in [5.41, 5.74) is 1.01. The summed E-state index contributed by atoms with van der Waals surface area (Å²) >= 11 is 8.25. The number of anilines is 1. The van der Waals surface area contributed by atoms with E-state index in [4.69, 9.17) is 11.6 Å². The lowest BCUT2D eigenvalue weighted by molar-refractivity contribution is 0.900. The van der Waals surface area contributed by atoms with Crippen molar-refractivity contribution in [1.29, 1.82) is 0 Å². The molecule has 0 saturated heterocycles. The molecule has 0 spiro atoms. The first kappa shape index (κ1) is 10.1. The lowest BCUT2D eigenvalue weighted by atomic mass is 10.3. The fourth-order valence-corrected chi connectivity index (χ4v) is 1.83. The van der Waals surface area contributed by atoms with Gasteiger partial charge >= 0.3 is 0 Å². The molecule has 0 aliphatic heterocycles. The zero-order valence-corrected chi connectivity index (χ0v) is 9.98. The van der Waals surface area contributed by atoms with Crippen LogP contribution in [0.4, 0.5) is 5.69 Å². The summed E-state index contributed by atoms with van der Waals surface area (Å²) in [6.07, 6.45) is 0. The van der Waals surface area contributed by atoms with Crippen molar-refractivity contribution in [1.82, 2.24) is 0 Å². The van der Waals surface area contributed by atoms with Crippen molar-refractivity contribution < 1.29 is 0 Å². The predicted octanol–water partition coefficient (Wildman–Crippen LogP) is 3.76. The van der Waals surface area contributed by atoms with E-state index < -0.39 is 0 Å². The molecule has 66 valence electrons. The van der Waals surface area contributed by atoms with E-state index in [0.717, 1.165) is 14.3 Å². The Hall–Kier alpha value is 0.0400. The smallest absolute Gasteiger partial charge is 0.0648 e. The second kappa shape index (κ2) is 4.33. The zero-order valence-electron chi connectivity index (χ0n) is 7.07. The molecule has 0 unspecified atom stereocenters. The predicted molar refractivity (Wildman–Crippen MR) is 62.9 cm³/mol. The van der Waals surface area contributed by atoms with Crippen LogP contribution >= 0.6 is 34.2 Å². The van der Waals surface area contributed by atoms with Crippen LogP contribution in [0.1, 0.15) is 13.8 Å². The molecule has 1 aromatic carbocycles. The van der Waals surface area contributed by atoms with Gasteiger partial charge in [0.2, 0.25) is 0 Å². The first-order chi connectivity index (χ1) is 5.59. The molecule has 1 rings (SSSR count). The number of hydrogen-bond donors (Lipinski definition) is 1. The van der Waals surface area contributed by atoms with Crippen LogP contribution in [0.25, 0.3) is 0 Å². The van der Waals surface area contributed by atoms with Crippen LogP contribution in [0.5, 0.6) is 0 Å². The van der Waals surface area contributed by atoms with Crippen LogP contribution in [0.2, 0.25) is 5.02 Å². The van der Waals surface area contributed by atoms with Gasteiger partial charge in [-0.3, -0.25) is 0 Å². The number of benzene rings is 1. The fourth-order valence-electron chi connectivity index (χ4n) is 0.918. The molecule has 1 N–H and O–H groups in total. The summed E-state index contributed by atoms with van der Waals surface area (Å²) in [6, 6.07) is 6.41. The van der Waals surface area contributed by atoms with Crippen LogP contribution in [-0.4, -0.2) is 6.04 Å². The SMILES string of the molecule is CC(C)Nc1ccc(I)cc1Cl. The van der Waals surface area contributed by atoms with Gasteiger partial charge in [0.25, 0.3) is 0 Å². The molecule has 12 heavy (non-hydrogen) atoms. The van der Waals surface area contributed by atoms with E-state index >= 15 is 0 Å². The van der Waals surface area contributed by atoms with Gasteiger partial charge in [-0.2, -0.15) is 0 Å². The minimum atomic E-state index is 0.419. The van der Waals surface area contributed by atoms with Crippen molar-refractivity contribution in [3.63, 3.8) is 0 Å². The van der Waals surface area contributed by atoms with Crippen molar-refractivity contribution in [2.75, 3.05) is 5.32 Å². The topological polar surface area (TPSA) is 12.0 Å². The maximum Gasteiger partial charge on any atom is 0.0648 e. The van der Waals surface area contributed by atoms with Crippen molar-refractivity contribution in [3.8, 4) is 0 Å². The number of rotatable bonds is 2. The molecule has 0 atom stereocenters. The molecular formula is C9H11ClIN. The summed E-state index contributed by atoms with van der Waals surface area (Å²) in [5, 5.41) is 4.05. The molecule has 0 aromatic heterocycles. The average molecular weight is 296 g/mol. The van der Waals surface area contributed by atoms with Crippen LogP contribution in [0.15, 0.2) is 18.2 Å². The van der Waals surface area contributed by atoms with Gasteiger partial charge in [-0.25, -0.2) is 0 Å². The van der Waals surface area contributed by atoms with Crippen LogP contribution in [0, 0.1) is 3.57 Å². The third-order valence-corrected chi connectivity index (χ3v) is 2.36. The molecule has 0 aliphatic carbocycles. The normalized spacial score (nSPS) is 10.4. The van der Waals surface area contributed by atoms with Crippen molar-refractivity contribution in [2.45, 2.75) is 19.9 Å². The lowest BCUT2D eigenvalue weighted by Gasteiger charge is -2.11. The quantitative estimate of drug-likeness (QED) is 0.819. The van der Waals surface area contributed by atoms with E-state index in [1.807, 2.05) is 18.2 Å². The summed E-state index contributed by atoms with van der Waals surface area (Å²) in [5.74, 6) is 0. The van der Waals surface area contributed by atoms with Crippen LogP contribution in [0.3, 0.4) is 0 Å². The molecule has 0 heterocycles. The van der Waals surface area contributed by atoms with Crippen LogP contribution < -0.4 is 5.32 Å². The maximum atomic E-state index is 6.01. The molecule has 0 aliphatic rings. The van der Waals surface area contributed by atoms with E-state index in [1.54, 1.807) is 0 Å². The monoisotopic (exact) mass is 295 g/mol. The van der Waals surface area contributed by atoms with Crippen molar-refractivity contribution in [3.05, 3.63) is 26.8 Å². The summed E-state index contributed by atoms with van der Waals surface area (Å²) in [4.78, 5) is 0. The van der Waals surface area contributed by atoms with E-state index in [1.165, 1.54) is 0 Å². The Morgan fingerprint density at radius 3 is 2.58 bits per heavy atom. The highest BCUT2D eigenvalue weighted by Crippen LogP contribution is 2.24. The summed E-state index contributed by atoms with van der Waals surface area (Å²) < 4.78 is 1.16. The van der Waals surface area contributed by atoms with Gasteiger partial charge < -0.3 is 5.32 Å². The minimum absolute atomic E-state index is 0.419. The van der Waals surface area contributed by atoms with Gasteiger partial charge in [0, 0.05) is 9.61 Å². The molecule has 0 bridgehead atoms. The van der Waals surface area contributed by atoms with E-state index in [-0.39, 0.29) is 0 Å². The average Bonchev–Trinajstić information content (AvgIpc) is 1.94. The Morgan fingerprint density at radius 2 is 2.08 bits per heavy atom. The van der Waals surface area contributed by atoms with E-state index in [0.29, 0.717) is 6.04 Å². The second-order valence-electron chi connectivity index (χ2n) is 2.92. The van der Waals surface area contributed by atoms with Gasteiger partial charge in [0.05, 0.1) is 10.7 Å². The van der Waals surface area contributed by atoms with Crippen LogP contribution in [-0.2, 0) is 0 Å². The highest BCUT2D eigenvalue weighted by molar-refractivity contribution is 14.1. The number of nitrogens with one attached hydrogen (secondary N) is 1. The highest BCUT2D eigenvalue weighted by atomic mass is 127. The fraction of sp³-hybridized carbons (Fsp3) is 0.333. The van der Waals surface area contributed by atoms with E-state index in [2.05, 4.69) is 41.8 Å². The molecule has 0 radical (unpaired) electrons. The van der Waals surface area contributed by atoms with Gasteiger partial charge in [-0.15, -0.1) is 0 Å². The Morgan fingerprint density at radius 1 is 1.42 bits per heavy atom. The van der Waals surface area contributed by atoms with Gasteiger partial charge in [0.15, 0.2) is 0 Å². The van der Waals surface area contributed by atoms with Gasteiger partial charge in [-0.05, 0) is 54.6 Å². The van der Waals surface area contributed by atoms with Crippen molar-refractivity contribution in [2.24, 2.45) is 0 Å². The standard InChI is InChI=1S/C9H11ClIN/c1-6(2)12-9-4-3-7(11)5-8(9)10/h3-6,12H,1-2H3. The Kier molecular flexibility index (Phi) is 3.65. The Bertz CT molecular complexity index is 273. The molecule has 0 amide bonds. The molecule has 3 heteroatoms. The Labute approximate surface area is 91.6 Å². The maximum absolute atomic E-state index is 6.01. The highest BCUT2D eigenvalue weighted by Gasteiger charge is 2.00. The number of halogens is 2. The summed E-state index contributed by atoms with van der Waals surface area (Å²) in [7, 11) is 0. The van der Waals surface area contributed by atoms with E-state index in [9.17, 15) is 0 Å². The molecule has 0 saturated carbocycles. The molecule has 0 fully saturated rings. The largest absolute Gasteiger partial charge is 0.382 e.